The summed E-state index contributed by atoms with van der Waals surface area (Å²) < 4.78 is 0. The van der Waals surface area contributed by atoms with E-state index in [4.69, 9.17) is 9.97 Å². The Morgan fingerprint density at radius 1 is 0.348 bits per heavy atom. The number of aromatic nitrogens is 4. The van der Waals surface area contributed by atoms with Crippen molar-refractivity contribution in [2.75, 3.05) is 10.6 Å². The van der Waals surface area contributed by atoms with E-state index in [0.717, 1.165) is 89.8 Å². The van der Waals surface area contributed by atoms with Crippen LogP contribution in [-0.2, 0) is 21.7 Å². The van der Waals surface area contributed by atoms with Crippen LogP contribution in [0.3, 0.4) is 0 Å². The lowest BCUT2D eigenvalue weighted by Crippen LogP contribution is -2.17. The first-order valence-corrected chi connectivity index (χ1v) is 23.3. The summed E-state index contributed by atoms with van der Waals surface area (Å²) in [5, 5.41) is 7.87. The second kappa shape index (κ2) is 16.5. The van der Waals surface area contributed by atoms with Gasteiger partial charge in [-0.25, -0.2) is 9.97 Å². The maximum atomic E-state index is 5.49. The van der Waals surface area contributed by atoms with E-state index in [9.17, 15) is 0 Å². The molecule has 7 aromatic rings. The molecule has 8 bridgehead atoms. The minimum atomic E-state index is -0.0538. The molecule has 6 nitrogen and oxygen atoms in total. The number of hydrogen-bond donors (Lipinski definition) is 4. The van der Waals surface area contributed by atoms with E-state index in [1.54, 1.807) is 0 Å². The average Bonchev–Trinajstić information content (AvgIpc) is 4.11. The summed E-state index contributed by atoms with van der Waals surface area (Å²) in [6, 6.07) is 43.8. The molecule has 6 heteroatoms. The third kappa shape index (κ3) is 9.02. The molecule has 5 heterocycles. The first-order chi connectivity index (χ1) is 31.2. The fourth-order valence-corrected chi connectivity index (χ4v) is 8.71. The summed E-state index contributed by atoms with van der Waals surface area (Å²) in [7, 11) is 0. The van der Waals surface area contributed by atoms with E-state index in [0.29, 0.717) is 0 Å². The highest BCUT2D eigenvalue weighted by Crippen LogP contribution is 2.40. The van der Waals surface area contributed by atoms with Crippen LogP contribution in [0.5, 0.6) is 0 Å². The lowest BCUT2D eigenvalue weighted by atomic mass is 9.80. The van der Waals surface area contributed by atoms with E-state index in [2.05, 4.69) is 249 Å². The van der Waals surface area contributed by atoms with E-state index in [1.165, 1.54) is 22.3 Å². The monoisotopic (exact) mass is 869 g/mol. The second-order valence-electron chi connectivity index (χ2n) is 22.1. The van der Waals surface area contributed by atoms with Gasteiger partial charge in [-0.15, -0.1) is 0 Å². The van der Waals surface area contributed by atoms with Gasteiger partial charge in [-0.1, -0.05) is 156 Å². The van der Waals surface area contributed by atoms with E-state index >= 15 is 0 Å². The molecule has 0 unspecified atom stereocenters. The molecule has 0 amide bonds. The van der Waals surface area contributed by atoms with Gasteiger partial charge in [0.15, 0.2) is 0 Å². The number of benzene rings is 4. The van der Waals surface area contributed by atoms with Gasteiger partial charge >= 0.3 is 0 Å². The minimum Gasteiger partial charge on any atom is -0.353 e. The summed E-state index contributed by atoms with van der Waals surface area (Å²) in [4.78, 5) is 18.8. The Morgan fingerprint density at radius 3 is 1.02 bits per heavy atom. The molecule has 0 radical (unpaired) electrons. The van der Waals surface area contributed by atoms with Crippen molar-refractivity contribution in [2.45, 2.75) is 105 Å². The van der Waals surface area contributed by atoms with Gasteiger partial charge in [0.2, 0.25) is 0 Å². The van der Waals surface area contributed by atoms with Gasteiger partial charge in [0, 0.05) is 33.5 Å². The van der Waals surface area contributed by atoms with Crippen LogP contribution in [0.2, 0.25) is 0 Å². The number of fused-ring (bicyclic) bond motifs is 8. The molecule has 0 spiro atoms. The zero-order valence-corrected chi connectivity index (χ0v) is 40.8. The summed E-state index contributed by atoms with van der Waals surface area (Å²) in [6.45, 7) is 27.3. The summed E-state index contributed by atoms with van der Waals surface area (Å²) in [5.74, 6) is 0. The van der Waals surface area contributed by atoms with Gasteiger partial charge in [0.1, 0.15) is 0 Å². The molecule has 0 saturated heterocycles. The van der Waals surface area contributed by atoms with Crippen LogP contribution in [-0.4, -0.2) is 19.9 Å². The molecule has 0 aliphatic carbocycles. The molecule has 4 N–H and O–H groups in total. The predicted octanol–water partition coefficient (Wildman–Crippen LogP) is 16.7. The van der Waals surface area contributed by atoms with Crippen molar-refractivity contribution in [3.63, 3.8) is 0 Å². The van der Waals surface area contributed by atoms with Gasteiger partial charge in [-0.05, 0) is 128 Å². The molecule has 9 rings (SSSR count). The fraction of sp³-hybridized carbons (Fsp3) is 0.267. The molecular formula is C60H64N6. The van der Waals surface area contributed by atoms with Crippen LogP contribution in [0.1, 0.15) is 128 Å². The molecule has 2 aliphatic rings. The fourth-order valence-electron chi connectivity index (χ4n) is 8.71. The van der Waals surface area contributed by atoms with Crippen molar-refractivity contribution in [1.29, 1.82) is 0 Å². The molecule has 334 valence electrons. The zero-order valence-electron chi connectivity index (χ0n) is 40.8. The van der Waals surface area contributed by atoms with Crippen LogP contribution < -0.4 is 10.6 Å². The van der Waals surface area contributed by atoms with Gasteiger partial charge in [-0.3, -0.25) is 0 Å². The SMILES string of the molecule is CC(C)(C)c1cc(Nc2c3nc(c(-c4ccccc4)c4ccc([nH]4)c(Nc4cc(C(C)(C)C)cc(C(C)(C)C)c4)c4ccc([nH]4)c(-c4ccccc4)c4nc2C=C4)C=C3)cc(C(C)(C)C)c1. The highest BCUT2D eigenvalue weighted by atomic mass is 15.0. The van der Waals surface area contributed by atoms with Crippen molar-refractivity contribution in [3.05, 3.63) is 166 Å². The molecular weight excluding hydrogens is 805 g/mol. The van der Waals surface area contributed by atoms with Gasteiger partial charge in [-0.2, -0.15) is 0 Å². The molecule has 0 fully saturated rings. The number of rotatable bonds is 6. The lowest BCUT2D eigenvalue weighted by Gasteiger charge is -2.26. The third-order valence-electron chi connectivity index (χ3n) is 12.7. The zero-order chi connectivity index (χ0) is 46.8. The maximum Gasteiger partial charge on any atom is 0.0906 e. The molecule has 0 atom stereocenters. The Hall–Kier alpha value is -6.92. The Kier molecular flexibility index (Phi) is 11.1. The number of hydrogen-bond acceptors (Lipinski definition) is 4. The van der Waals surface area contributed by atoms with Gasteiger partial charge in [0.05, 0.1) is 45.2 Å². The van der Waals surface area contributed by atoms with Crippen LogP contribution in [0.25, 0.3) is 68.6 Å². The molecule has 66 heavy (non-hydrogen) atoms. The maximum absolute atomic E-state index is 5.49. The topological polar surface area (TPSA) is 81.4 Å². The predicted molar refractivity (Wildman–Crippen MR) is 284 cm³/mol. The van der Waals surface area contributed by atoms with Crippen LogP contribution in [0.4, 0.5) is 22.7 Å². The Bertz CT molecular complexity index is 3000. The first kappa shape index (κ1) is 44.3. The highest BCUT2D eigenvalue weighted by molar-refractivity contribution is 5.99. The standard InChI is InChI=1S/C60H64N6/c1-57(2,3)39-31-40(58(4,5)6)34-43(33-39)61-55-49-27-23-45(63-49)53(37-19-15-13-16-20-37)47-25-29-51(65-47)56(62-44-35-41(59(7,8)9)32-42(36-44)60(10,11)12)52-30-26-48(66-52)54(38-21-17-14-18-22-38)46-24-28-50(55)64-46/h13-36,61-64H,1-12H3. The van der Waals surface area contributed by atoms with E-state index in [-0.39, 0.29) is 21.7 Å². The molecule has 4 aromatic carbocycles. The third-order valence-corrected chi connectivity index (χ3v) is 12.7. The average molecular weight is 869 g/mol. The largest absolute Gasteiger partial charge is 0.353 e. The number of H-pyrrole nitrogens is 2. The first-order valence-electron chi connectivity index (χ1n) is 23.3. The summed E-state index contributed by atoms with van der Waals surface area (Å²) >= 11 is 0. The van der Waals surface area contributed by atoms with Gasteiger partial charge in [0.25, 0.3) is 0 Å². The van der Waals surface area contributed by atoms with Gasteiger partial charge < -0.3 is 20.6 Å². The van der Waals surface area contributed by atoms with Crippen LogP contribution in [0.15, 0.2) is 121 Å². The summed E-state index contributed by atoms with van der Waals surface area (Å²) in [5.41, 5.74) is 20.0. The second-order valence-corrected chi connectivity index (χ2v) is 22.1. The van der Waals surface area contributed by atoms with Crippen LogP contribution in [0, 0.1) is 0 Å². The van der Waals surface area contributed by atoms with E-state index in [1.807, 2.05) is 0 Å². The molecule has 2 aliphatic heterocycles. The normalized spacial score (nSPS) is 13.0. The van der Waals surface area contributed by atoms with Crippen molar-refractivity contribution in [3.8, 4) is 22.3 Å². The number of nitrogens with one attached hydrogen (secondary N) is 4. The summed E-state index contributed by atoms with van der Waals surface area (Å²) in [6.07, 6.45) is 8.53. The van der Waals surface area contributed by atoms with E-state index < -0.39 is 0 Å². The van der Waals surface area contributed by atoms with Crippen molar-refractivity contribution in [2.24, 2.45) is 0 Å². The molecule has 3 aromatic heterocycles. The van der Waals surface area contributed by atoms with Crippen molar-refractivity contribution in [1.82, 2.24) is 19.9 Å². The van der Waals surface area contributed by atoms with Crippen molar-refractivity contribution < 1.29 is 0 Å². The van der Waals surface area contributed by atoms with Crippen LogP contribution >= 0.6 is 0 Å². The number of nitrogens with zero attached hydrogens (tertiary/aromatic N) is 2. The quantitative estimate of drug-likeness (QED) is 0.134. The Morgan fingerprint density at radius 2 is 0.667 bits per heavy atom. The Balaban J connectivity index is 1.38. The highest BCUT2D eigenvalue weighted by Gasteiger charge is 2.24. The van der Waals surface area contributed by atoms with Crippen molar-refractivity contribution >= 4 is 69.1 Å². The number of aromatic amines is 2. The Labute approximate surface area is 391 Å². The minimum absolute atomic E-state index is 0.0451. The molecule has 0 saturated carbocycles. The smallest absolute Gasteiger partial charge is 0.0906 e. The number of anilines is 4. The lowest BCUT2D eigenvalue weighted by molar-refractivity contribution is 0.568.